The van der Waals surface area contributed by atoms with E-state index in [4.69, 9.17) is 14.6 Å². The molecule has 1 rings (SSSR count). The van der Waals surface area contributed by atoms with E-state index >= 15 is 0 Å². The SMILES string of the molecule is C=C(CO)C(=O)OC1CC(C)[C@@H](C)CC1OC(=O)CC. The molecule has 0 spiro atoms. The predicted octanol–water partition coefficient (Wildman–Crippen LogP) is 1.83. The van der Waals surface area contributed by atoms with Crippen LogP contribution in [0, 0.1) is 11.8 Å². The predicted molar refractivity (Wildman–Crippen MR) is 73.8 cm³/mol. The Balaban J connectivity index is 2.73. The van der Waals surface area contributed by atoms with Gasteiger partial charge in [0.25, 0.3) is 0 Å². The van der Waals surface area contributed by atoms with Gasteiger partial charge < -0.3 is 14.6 Å². The molecular formula is C15H24O5. The fourth-order valence-corrected chi connectivity index (χ4v) is 2.29. The third kappa shape index (κ3) is 4.34. The Morgan fingerprint density at radius 2 is 1.65 bits per heavy atom. The fourth-order valence-electron chi connectivity index (χ4n) is 2.29. The van der Waals surface area contributed by atoms with Crippen LogP contribution in [0.25, 0.3) is 0 Å². The van der Waals surface area contributed by atoms with Crippen LogP contribution < -0.4 is 0 Å². The standard InChI is InChI=1S/C15H24O5/c1-5-14(17)19-12-6-9(2)10(3)7-13(12)20-15(18)11(4)8-16/h9-10,12-13,16H,4-8H2,1-3H3/t9-,10?,12?,13?/m0/s1. The van der Waals surface area contributed by atoms with Gasteiger partial charge >= 0.3 is 11.9 Å². The van der Waals surface area contributed by atoms with Gasteiger partial charge in [-0.25, -0.2) is 4.79 Å². The summed E-state index contributed by atoms with van der Waals surface area (Å²) in [4.78, 5) is 23.2. The molecule has 20 heavy (non-hydrogen) atoms. The van der Waals surface area contributed by atoms with E-state index in [1.54, 1.807) is 6.92 Å². The summed E-state index contributed by atoms with van der Waals surface area (Å²) in [5.74, 6) is -0.136. The lowest BCUT2D eigenvalue weighted by Crippen LogP contribution is -2.43. The van der Waals surface area contributed by atoms with E-state index in [0.717, 1.165) is 0 Å². The smallest absolute Gasteiger partial charge is 0.336 e. The quantitative estimate of drug-likeness (QED) is 0.616. The molecule has 1 aliphatic carbocycles. The summed E-state index contributed by atoms with van der Waals surface area (Å²) in [6.45, 7) is 8.92. The van der Waals surface area contributed by atoms with E-state index in [-0.39, 0.29) is 11.5 Å². The van der Waals surface area contributed by atoms with E-state index in [1.165, 1.54) is 0 Å². The Morgan fingerprint density at radius 1 is 1.15 bits per heavy atom. The number of rotatable bonds is 5. The highest BCUT2D eigenvalue weighted by molar-refractivity contribution is 5.88. The minimum absolute atomic E-state index is 0.0110. The van der Waals surface area contributed by atoms with Crippen molar-refractivity contribution in [2.24, 2.45) is 11.8 Å². The molecule has 3 unspecified atom stereocenters. The second-order valence-electron chi connectivity index (χ2n) is 5.51. The van der Waals surface area contributed by atoms with E-state index in [9.17, 15) is 9.59 Å². The third-order valence-corrected chi connectivity index (χ3v) is 3.90. The topological polar surface area (TPSA) is 72.8 Å². The summed E-state index contributed by atoms with van der Waals surface area (Å²) >= 11 is 0. The molecule has 0 saturated heterocycles. The van der Waals surface area contributed by atoms with Gasteiger partial charge in [-0.2, -0.15) is 0 Å². The van der Waals surface area contributed by atoms with Crippen molar-refractivity contribution in [2.45, 2.75) is 52.2 Å². The number of esters is 2. The molecule has 1 aliphatic rings. The first-order chi connectivity index (χ1) is 9.38. The summed E-state index contributed by atoms with van der Waals surface area (Å²) in [6, 6.07) is 0. The molecule has 0 aliphatic heterocycles. The van der Waals surface area contributed by atoms with E-state index < -0.39 is 24.8 Å². The lowest BCUT2D eigenvalue weighted by Gasteiger charge is -2.37. The van der Waals surface area contributed by atoms with Gasteiger partial charge in [-0.15, -0.1) is 0 Å². The van der Waals surface area contributed by atoms with Gasteiger partial charge in [0.1, 0.15) is 12.2 Å². The minimum atomic E-state index is -0.628. The Labute approximate surface area is 119 Å². The first kappa shape index (κ1) is 16.7. The van der Waals surface area contributed by atoms with Gasteiger partial charge in [0, 0.05) is 6.42 Å². The lowest BCUT2D eigenvalue weighted by atomic mass is 9.78. The first-order valence-electron chi connectivity index (χ1n) is 7.08. The maximum atomic E-state index is 11.7. The molecule has 0 aromatic carbocycles. The van der Waals surface area contributed by atoms with Gasteiger partial charge in [-0.1, -0.05) is 27.4 Å². The molecule has 4 atom stereocenters. The second kappa shape index (κ2) is 7.43. The van der Waals surface area contributed by atoms with Crippen molar-refractivity contribution >= 4 is 11.9 Å². The molecule has 0 heterocycles. The van der Waals surface area contributed by atoms with Gasteiger partial charge in [0.15, 0.2) is 0 Å². The van der Waals surface area contributed by atoms with Crippen molar-refractivity contribution in [1.82, 2.24) is 0 Å². The average Bonchev–Trinajstić information content (AvgIpc) is 2.42. The number of carbonyl (C=O) groups is 2. The zero-order valence-electron chi connectivity index (χ0n) is 12.4. The van der Waals surface area contributed by atoms with Crippen LogP contribution in [-0.2, 0) is 19.1 Å². The highest BCUT2D eigenvalue weighted by Gasteiger charge is 2.37. The van der Waals surface area contributed by atoms with Crippen LogP contribution in [0.5, 0.6) is 0 Å². The number of hydrogen-bond acceptors (Lipinski definition) is 5. The van der Waals surface area contributed by atoms with Crippen LogP contribution in [0.4, 0.5) is 0 Å². The zero-order valence-corrected chi connectivity index (χ0v) is 12.4. The molecule has 0 radical (unpaired) electrons. The van der Waals surface area contributed by atoms with Gasteiger partial charge in [0.05, 0.1) is 12.2 Å². The molecular weight excluding hydrogens is 260 g/mol. The van der Waals surface area contributed by atoms with Crippen LogP contribution in [0.3, 0.4) is 0 Å². The van der Waals surface area contributed by atoms with E-state index in [0.29, 0.717) is 31.1 Å². The number of carbonyl (C=O) groups excluding carboxylic acids is 2. The van der Waals surface area contributed by atoms with Crippen LogP contribution >= 0.6 is 0 Å². The fraction of sp³-hybridized carbons (Fsp3) is 0.733. The van der Waals surface area contributed by atoms with Gasteiger partial charge in [0.2, 0.25) is 0 Å². The van der Waals surface area contributed by atoms with Crippen molar-refractivity contribution < 1.29 is 24.2 Å². The lowest BCUT2D eigenvalue weighted by molar-refractivity contribution is -0.173. The molecule has 5 heteroatoms. The van der Waals surface area contributed by atoms with Crippen molar-refractivity contribution in [3.05, 3.63) is 12.2 Å². The number of aliphatic hydroxyl groups excluding tert-OH is 1. The molecule has 1 N–H and O–H groups in total. The summed E-state index contributed by atoms with van der Waals surface area (Å²) in [5, 5.41) is 8.89. The summed E-state index contributed by atoms with van der Waals surface area (Å²) < 4.78 is 10.7. The number of ether oxygens (including phenoxy) is 2. The number of hydrogen-bond donors (Lipinski definition) is 1. The second-order valence-corrected chi connectivity index (χ2v) is 5.51. The molecule has 0 aromatic rings. The summed E-state index contributed by atoms with van der Waals surface area (Å²) in [6.07, 6.45) is 0.741. The molecule has 5 nitrogen and oxygen atoms in total. The Bertz CT molecular complexity index is 376. The highest BCUT2D eigenvalue weighted by Crippen LogP contribution is 2.33. The minimum Gasteiger partial charge on any atom is -0.458 e. The molecule has 1 saturated carbocycles. The largest absolute Gasteiger partial charge is 0.458 e. The normalized spacial score (nSPS) is 29.6. The molecule has 0 bridgehead atoms. The highest BCUT2D eigenvalue weighted by atomic mass is 16.6. The van der Waals surface area contributed by atoms with Crippen LogP contribution in [0.2, 0.25) is 0 Å². The Kier molecular flexibility index (Phi) is 6.20. The molecule has 0 amide bonds. The van der Waals surface area contributed by atoms with Crippen molar-refractivity contribution in [3.8, 4) is 0 Å². The van der Waals surface area contributed by atoms with Gasteiger partial charge in [-0.05, 0) is 24.7 Å². The van der Waals surface area contributed by atoms with Crippen LogP contribution in [0.1, 0.15) is 40.0 Å². The summed E-state index contributed by atoms with van der Waals surface area (Å²) in [7, 11) is 0. The maximum absolute atomic E-state index is 11.7. The molecule has 1 fully saturated rings. The van der Waals surface area contributed by atoms with E-state index in [2.05, 4.69) is 20.4 Å². The van der Waals surface area contributed by atoms with E-state index in [1.807, 2.05) is 0 Å². The third-order valence-electron chi connectivity index (χ3n) is 3.90. The Hall–Kier alpha value is -1.36. The molecule has 0 aromatic heterocycles. The van der Waals surface area contributed by atoms with Crippen molar-refractivity contribution in [3.63, 3.8) is 0 Å². The zero-order chi connectivity index (χ0) is 15.3. The average molecular weight is 284 g/mol. The first-order valence-corrected chi connectivity index (χ1v) is 7.08. The van der Waals surface area contributed by atoms with Crippen molar-refractivity contribution in [1.29, 1.82) is 0 Å². The monoisotopic (exact) mass is 284 g/mol. The Morgan fingerprint density at radius 3 is 2.10 bits per heavy atom. The van der Waals surface area contributed by atoms with Gasteiger partial charge in [-0.3, -0.25) is 4.79 Å². The van der Waals surface area contributed by atoms with Crippen molar-refractivity contribution in [2.75, 3.05) is 6.61 Å². The maximum Gasteiger partial charge on any atom is 0.336 e. The molecule has 114 valence electrons. The summed E-state index contributed by atoms with van der Waals surface area (Å²) in [5.41, 5.74) is 0.0110. The number of aliphatic hydroxyl groups is 1. The van der Waals surface area contributed by atoms with Crippen LogP contribution in [0.15, 0.2) is 12.2 Å². The van der Waals surface area contributed by atoms with Crippen LogP contribution in [-0.4, -0.2) is 35.9 Å².